The lowest BCUT2D eigenvalue weighted by Gasteiger charge is -2.44. The number of carbonyl (C=O) groups excluding carboxylic acids is 1. The molecule has 1 saturated carbocycles. The smallest absolute Gasteiger partial charge is 0.136 e. The van der Waals surface area contributed by atoms with Gasteiger partial charge in [0.2, 0.25) is 0 Å². The summed E-state index contributed by atoms with van der Waals surface area (Å²) in [5.74, 6) is 1.59. The van der Waals surface area contributed by atoms with E-state index in [1.165, 1.54) is 12.8 Å². The van der Waals surface area contributed by atoms with E-state index in [9.17, 15) is 4.79 Å². The molecule has 0 amide bonds. The molecule has 0 aromatic carbocycles. The van der Waals surface area contributed by atoms with Gasteiger partial charge in [0.15, 0.2) is 0 Å². The average molecular weight is 164 g/mol. The normalized spacial score (nSPS) is 44.8. The van der Waals surface area contributed by atoms with Gasteiger partial charge in [0.05, 0.1) is 0 Å². The van der Waals surface area contributed by atoms with Crippen LogP contribution in [0.1, 0.15) is 33.1 Å². The van der Waals surface area contributed by atoms with Crippen LogP contribution in [0.4, 0.5) is 0 Å². The number of ketones is 1. The van der Waals surface area contributed by atoms with Gasteiger partial charge in [0.25, 0.3) is 0 Å². The highest BCUT2D eigenvalue weighted by Crippen LogP contribution is 2.49. The molecular formula is C11H16O. The maximum atomic E-state index is 11.5. The maximum absolute atomic E-state index is 11.5. The second kappa shape index (κ2) is 2.45. The third kappa shape index (κ3) is 0.954. The zero-order chi connectivity index (χ0) is 8.77. The minimum Gasteiger partial charge on any atom is -0.299 e. The van der Waals surface area contributed by atoms with Gasteiger partial charge in [-0.3, -0.25) is 4.79 Å². The highest BCUT2D eigenvalue weighted by Gasteiger charge is 2.44. The average Bonchev–Trinajstić information content (AvgIpc) is 2.05. The van der Waals surface area contributed by atoms with E-state index in [1.807, 2.05) is 0 Å². The van der Waals surface area contributed by atoms with E-state index in [0.717, 1.165) is 6.42 Å². The Bertz CT molecular complexity index is 241. The fourth-order valence-electron chi connectivity index (χ4n) is 2.68. The predicted octanol–water partition coefficient (Wildman–Crippen LogP) is 2.57. The molecule has 2 bridgehead atoms. The number of Topliss-reactive ketones (excluding diaryl/α,β-unsaturated/α-hetero) is 1. The lowest BCUT2D eigenvalue weighted by atomic mass is 9.59. The summed E-state index contributed by atoms with van der Waals surface area (Å²) in [7, 11) is 0. The molecule has 1 heteroatoms. The van der Waals surface area contributed by atoms with Crippen LogP contribution in [0.25, 0.3) is 0 Å². The summed E-state index contributed by atoms with van der Waals surface area (Å²) in [6.07, 6.45) is 8.17. The molecule has 0 saturated heterocycles. The number of fused-ring (bicyclic) bond motifs is 2. The third-order valence-corrected chi connectivity index (χ3v) is 3.77. The van der Waals surface area contributed by atoms with Crippen LogP contribution in [0.3, 0.4) is 0 Å². The lowest BCUT2D eigenvalue weighted by molar-refractivity contribution is -0.130. The van der Waals surface area contributed by atoms with Crippen LogP contribution < -0.4 is 0 Å². The molecule has 3 rings (SSSR count). The Balaban J connectivity index is 2.31. The first-order valence-electron chi connectivity index (χ1n) is 4.82. The summed E-state index contributed by atoms with van der Waals surface area (Å²) in [5.41, 5.74) is -0.0301. The van der Waals surface area contributed by atoms with E-state index in [-0.39, 0.29) is 5.41 Å². The molecule has 0 unspecified atom stereocenters. The van der Waals surface area contributed by atoms with Crippen LogP contribution in [0.5, 0.6) is 0 Å². The molecule has 0 aliphatic heterocycles. The zero-order valence-electron chi connectivity index (χ0n) is 7.84. The first-order valence-corrected chi connectivity index (χ1v) is 4.82. The fourth-order valence-corrected chi connectivity index (χ4v) is 2.68. The summed E-state index contributed by atoms with van der Waals surface area (Å²) >= 11 is 0. The minimum absolute atomic E-state index is 0.0301. The largest absolute Gasteiger partial charge is 0.299 e. The van der Waals surface area contributed by atoms with Gasteiger partial charge >= 0.3 is 0 Å². The van der Waals surface area contributed by atoms with Crippen molar-refractivity contribution in [2.75, 3.05) is 0 Å². The van der Waals surface area contributed by atoms with E-state index in [0.29, 0.717) is 17.6 Å². The Labute approximate surface area is 73.8 Å². The first kappa shape index (κ1) is 8.03. The van der Waals surface area contributed by atoms with E-state index in [2.05, 4.69) is 19.1 Å². The zero-order valence-corrected chi connectivity index (χ0v) is 7.84. The number of carbonyl (C=O) groups is 1. The number of hydrogen-bond donors (Lipinski definition) is 0. The molecule has 0 aromatic heterocycles. The van der Waals surface area contributed by atoms with Crippen molar-refractivity contribution >= 4 is 5.78 Å². The summed E-state index contributed by atoms with van der Waals surface area (Å²) in [4.78, 5) is 11.5. The molecule has 0 radical (unpaired) electrons. The van der Waals surface area contributed by atoms with E-state index >= 15 is 0 Å². The van der Waals surface area contributed by atoms with Gasteiger partial charge in [0.1, 0.15) is 5.78 Å². The van der Waals surface area contributed by atoms with Gasteiger partial charge in [-0.05, 0) is 38.0 Å². The van der Waals surface area contributed by atoms with Crippen molar-refractivity contribution in [2.24, 2.45) is 17.3 Å². The van der Waals surface area contributed by atoms with Gasteiger partial charge < -0.3 is 0 Å². The van der Waals surface area contributed by atoms with Crippen molar-refractivity contribution in [1.29, 1.82) is 0 Å². The highest BCUT2D eigenvalue weighted by atomic mass is 16.1. The van der Waals surface area contributed by atoms with Crippen LogP contribution in [0.2, 0.25) is 0 Å². The van der Waals surface area contributed by atoms with Crippen LogP contribution in [0.15, 0.2) is 12.2 Å². The van der Waals surface area contributed by atoms with Crippen LogP contribution in [-0.4, -0.2) is 5.78 Å². The lowest BCUT2D eigenvalue weighted by Crippen LogP contribution is -2.41. The Hall–Kier alpha value is -0.590. The molecular weight excluding hydrogens is 148 g/mol. The van der Waals surface area contributed by atoms with Gasteiger partial charge in [-0.2, -0.15) is 0 Å². The summed E-state index contributed by atoms with van der Waals surface area (Å²) in [5, 5.41) is 0. The second-order valence-electron chi connectivity index (χ2n) is 4.51. The molecule has 0 spiro atoms. The number of allylic oxidation sites excluding steroid dienone is 2. The number of rotatable bonds is 1. The molecule has 3 aliphatic carbocycles. The number of hydrogen-bond acceptors (Lipinski definition) is 1. The van der Waals surface area contributed by atoms with E-state index in [1.54, 1.807) is 6.92 Å². The molecule has 1 fully saturated rings. The predicted molar refractivity (Wildman–Crippen MR) is 48.8 cm³/mol. The summed E-state index contributed by atoms with van der Waals surface area (Å²) < 4.78 is 0. The van der Waals surface area contributed by atoms with E-state index in [4.69, 9.17) is 0 Å². The van der Waals surface area contributed by atoms with Crippen molar-refractivity contribution in [3.63, 3.8) is 0 Å². The quantitative estimate of drug-likeness (QED) is 0.544. The van der Waals surface area contributed by atoms with Crippen LogP contribution in [0, 0.1) is 17.3 Å². The minimum atomic E-state index is -0.0301. The topological polar surface area (TPSA) is 17.1 Å². The van der Waals surface area contributed by atoms with Crippen LogP contribution >= 0.6 is 0 Å². The summed E-state index contributed by atoms with van der Waals surface area (Å²) in [6, 6.07) is 0. The van der Waals surface area contributed by atoms with Gasteiger partial charge in [-0.25, -0.2) is 0 Å². The fraction of sp³-hybridized carbons (Fsp3) is 0.727. The Morgan fingerprint density at radius 1 is 1.42 bits per heavy atom. The molecule has 0 heterocycles. The van der Waals surface area contributed by atoms with Crippen molar-refractivity contribution < 1.29 is 4.79 Å². The molecule has 0 aromatic rings. The monoisotopic (exact) mass is 164 g/mol. The van der Waals surface area contributed by atoms with Crippen molar-refractivity contribution in [2.45, 2.75) is 33.1 Å². The molecule has 1 nitrogen and oxygen atoms in total. The van der Waals surface area contributed by atoms with E-state index < -0.39 is 0 Å². The Morgan fingerprint density at radius 3 is 2.42 bits per heavy atom. The van der Waals surface area contributed by atoms with Gasteiger partial charge in [0, 0.05) is 5.41 Å². The second-order valence-corrected chi connectivity index (χ2v) is 4.51. The summed E-state index contributed by atoms with van der Waals surface area (Å²) in [6.45, 7) is 3.88. The highest BCUT2D eigenvalue weighted by molar-refractivity contribution is 5.83. The third-order valence-electron chi connectivity index (χ3n) is 3.77. The van der Waals surface area contributed by atoms with Crippen molar-refractivity contribution in [3.05, 3.63) is 12.2 Å². The standard InChI is InChI=1S/C11H16O/c1-8(12)11(2)7-9-3-5-10(11)6-4-9/h3,5,9-10H,4,6-7H2,1-2H3/t9-,10+,11+/m0/s1. The van der Waals surface area contributed by atoms with Crippen LogP contribution in [-0.2, 0) is 4.79 Å². The Morgan fingerprint density at radius 2 is 2.17 bits per heavy atom. The Kier molecular flexibility index (Phi) is 1.64. The van der Waals surface area contributed by atoms with Crippen molar-refractivity contribution in [1.82, 2.24) is 0 Å². The maximum Gasteiger partial charge on any atom is 0.136 e. The molecule has 3 atom stereocenters. The van der Waals surface area contributed by atoms with Gasteiger partial charge in [-0.1, -0.05) is 19.1 Å². The molecule has 0 N–H and O–H groups in total. The molecule has 66 valence electrons. The van der Waals surface area contributed by atoms with Crippen molar-refractivity contribution in [3.8, 4) is 0 Å². The first-order chi connectivity index (χ1) is 5.63. The molecule has 12 heavy (non-hydrogen) atoms. The van der Waals surface area contributed by atoms with Gasteiger partial charge in [-0.15, -0.1) is 0 Å². The SMILES string of the molecule is CC(=O)[C@@]1(C)C[C@H]2C=C[C@@H]1CC2. The molecule has 3 aliphatic rings.